The van der Waals surface area contributed by atoms with Gasteiger partial charge in [-0.1, -0.05) is 60.7 Å². The quantitative estimate of drug-likeness (QED) is 0.266. The number of hydrogen-bond donors (Lipinski definition) is 0. The van der Waals surface area contributed by atoms with Gasteiger partial charge in [-0.2, -0.15) is 0 Å². The fourth-order valence-electron chi connectivity index (χ4n) is 4.75. The van der Waals surface area contributed by atoms with Gasteiger partial charge < -0.3 is 4.42 Å². The fraction of sp³-hybridized carbons (Fsp3) is 0.100. The molecule has 0 aliphatic carbocycles. The molecule has 0 unspecified atom stereocenters. The van der Waals surface area contributed by atoms with Gasteiger partial charge in [-0.3, -0.25) is 0 Å². The van der Waals surface area contributed by atoms with E-state index >= 15 is 0 Å². The maximum absolute atomic E-state index is 8.12. The zero-order valence-electron chi connectivity index (χ0n) is 21.0. The van der Waals surface area contributed by atoms with Crippen molar-refractivity contribution in [3.8, 4) is 22.4 Å². The van der Waals surface area contributed by atoms with E-state index in [0.717, 1.165) is 44.3 Å². The summed E-state index contributed by atoms with van der Waals surface area (Å²) in [4.78, 5) is 0. The molecule has 2 heteroatoms. The first kappa shape index (κ1) is 15.8. The summed E-state index contributed by atoms with van der Waals surface area (Å²) in [6, 6.07) is 28.4. The van der Waals surface area contributed by atoms with E-state index in [-0.39, 0.29) is 0 Å². The first-order chi connectivity index (χ1) is 16.8. The molecule has 2 heterocycles. The number of furan rings is 1. The van der Waals surface area contributed by atoms with Crippen molar-refractivity contribution in [2.75, 3.05) is 0 Å². The monoisotopic (exact) mass is 417 g/mol. The smallest absolute Gasteiger partial charge is 0.213 e. The van der Waals surface area contributed by atoms with Crippen molar-refractivity contribution in [2.24, 2.45) is 7.05 Å². The van der Waals surface area contributed by atoms with Crippen molar-refractivity contribution in [1.29, 1.82) is 0 Å². The molecule has 0 bridgehead atoms. The van der Waals surface area contributed by atoms with Gasteiger partial charge in [-0.05, 0) is 59.4 Å². The zero-order valence-corrected chi connectivity index (χ0v) is 18.0. The van der Waals surface area contributed by atoms with Crippen molar-refractivity contribution in [3.05, 3.63) is 102 Å². The number of aromatic nitrogens is 1. The van der Waals surface area contributed by atoms with Crippen LogP contribution < -0.4 is 4.57 Å². The Morgan fingerprint density at radius 1 is 0.750 bits per heavy atom. The molecule has 0 fully saturated rings. The zero-order chi connectivity index (χ0) is 24.3. The highest BCUT2D eigenvalue weighted by Gasteiger charge is 2.20. The minimum Gasteiger partial charge on any atom is -0.456 e. The summed E-state index contributed by atoms with van der Waals surface area (Å²) in [6.07, 6.45) is 1.74. The summed E-state index contributed by atoms with van der Waals surface area (Å²) >= 11 is 0. The van der Waals surface area contributed by atoms with Crippen LogP contribution in [0.5, 0.6) is 0 Å². The summed E-state index contributed by atoms with van der Waals surface area (Å²) in [5.41, 5.74) is 6.66. The van der Waals surface area contributed by atoms with Crippen molar-refractivity contribution in [2.45, 2.75) is 13.8 Å². The van der Waals surface area contributed by atoms with E-state index < -0.39 is 6.85 Å². The van der Waals surface area contributed by atoms with E-state index in [0.29, 0.717) is 11.1 Å². The Bertz CT molecular complexity index is 1750. The molecule has 0 radical (unpaired) electrons. The molecule has 2 aromatic heterocycles. The maximum atomic E-state index is 8.12. The molecule has 6 aromatic rings. The number of nitrogens with zero attached hydrogens (tertiary/aromatic N) is 1. The molecule has 154 valence electrons. The average molecular weight is 418 g/mol. The lowest BCUT2D eigenvalue weighted by atomic mass is 9.96. The molecule has 32 heavy (non-hydrogen) atoms. The third-order valence-corrected chi connectivity index (χ3v) is 6.34. The number of hydrogen-bond acceptors (Lipinski definition) is 1. The standard InChI is InChI=1S/C30H24NO/c1-19-15-26-29(32-28-14-13-22-11-7-8-12-23(22)30(26)28)17-25(19)27-16-24(20(2)18-31(27)3)21-9-5-4-6-10-21/h4-18H,1-3H3/q+1/i2D3. The van der Waals surface area contributed by atoms with Gasteiger partial charge >= 0.3 is 0 Å². The topological polar surface area (TPSA) is 17.0 Å². The molecular formula is C30H24NO+. The summed E-state index contributed by atoms with van der Waals surface area (Å²) < 4.78 is 32.6. The average Bonchev–Trinajstić information content (AvgIpc) is 3.21. The highest BCUT2D eigenvalue weighted by Crippen LogP contribution is 2.38. The third kappa shape index (κ3) is 2.84. The Morgan fingerprint density at radius 2 is 1.56 bits per heavy atom. The van der Waals surface area contributed by atoms with Crippen LogP contribution in [0.3, 0.4) is 0 Å². The predicted octanol–water partition coefficient (Wildman–Crippen LogP) is 7.51. The van der Waals surface area contributed by atoms with E-state index in [2.05, 4.69) is 43.3 Å². The lowest BCUT2D eigenvalue weighted by Crippen LogP contribution is -2.31. The molecule has 2 nitrogen and oxygen atoms in total. The Labute approximate surface area is 191 Å². The van der Waals surface area contributed by atoms with Crippen LogP contribution >= 0.6 is 0 Å². The van der Waals surface area contributed by atoms with Gasteiger partial charge in [0.2, 0.25) is 5.69 Å². The molecular weight excluding hydrogens is 390 g/mol. The number of aryl methyl sites for hydroxylation is 3. The Hall–Kier alpha value is -3.91. The minimum absolute atomic E-state index is 0.337. The lowest BCUT2D eigenvalue weighted by molar-refractivity contribution is -0.660. The normalized spacial score (nSPS) is 13.4. The van der Waals surface area contributed by atoms with Crippen LogP contribution in [0.1, 0.15) is 15.2 Å². The van der Waals surface area contributed by atoms with Crippen molar-refractivity contribution in [3.63, 3.8) is 0 Å². The first-order valence-electron chi connectivity index (χ1n) is 12.3. The van der Waals surface area contributed by atoms with Gasteiger partial charge in [-0.25, -0.2) is 4.57 Å². The van der Waals surface area contributed by atoms with Crippen LogP contribution in [-0.2, 0) is 7.05 Å². The molecule has 0 N–H and O–H groups in total. The molecule has 0 saturated heterocycles. The molecule has 0 amide bonds. The van der Waals surface area contributed by atoms with Crippen LogP contribution in [0.4, 0.5) is 0 Å². The fourth-order valence-corrected chi connectivity index (χ4v) is 4.75. The predicted molar refractivity (Wildman–Crippen MR) is 133 cm³/mol. The van der Waals surface area contributed by atoms with Crippen molar-refractivity contribution in [1.82, 2.24) is 0 Å². The first-order valence-corrected chi connectivity index (χ1v) is 10.8. The third-order valence-electron chi connectivity index (χ3n) is 6.34. The summed E-state index contributed by atoms with van der Waals surface area (Å²) in [6.45, 7) is -0.126. The second-order valence-corrected chi connectivity index (χ2v) is 8.39. The number of fused-ring (bicyclic) bond motifs is 5. The van der Waals surface area contributed by atoms with Crippen LogP contribution in [0.2, 0.25) is 0 Å². The number of benzene rings is 4. The second-order valence-electron chi connectivity index (χ2n) is 8.39. The highest BCUT2D eigenvalue weighted by molar-refractivity contribution is 6.19. The maximum Gasteiger partial charge on any atom is 0.213 e. The van der Waals surface area contributed by atoms with Gasteiger partial charge in [0.05, 0.1) is 5.56 Å². The molecule has 4 aromatic carbocycles. The Morgan fingerprint density at radius 3 is 2.41 bits per heavy atom. The summed E-state index contributed by atoms with van der Waals surface area (Å²) in [7, 11) is 1.90. The summed E-state index contributed by atoms with van der Waals surface area (Å²) in [5.74, 6) is 0. The van der Waals surface area contributed by atoms with Crippen LogP contribution in [0.15, 0.2) is 95.5 Å². The largest absolute Gasteiger partial charge is 0.456 e. The Balaban J connectivity index is 1.62. The van der Waals surface area contributed by atoms with Crippen LogP contribution in [-0.4, -0.2) is 0 Å². The van der Waals surface area contributed by atoms with E-state index in [1.165, 1.54) is 10.8 Å². The van der Waals surface area contributed by atoms with Gasteiger partial charge in [0, 0.05) is 26.5 Å². The van der Waals surface area contributed by atoms with Gasteiger partial charge in [0.15, 0.2) is 6.20 Å². The van der Waals surface area contributed by atoms with Crippen molar-refractivity contribution < 1.29 is 13.1 Å². The van der Waals surface area contributed by atoms with Crippen LogP contribution in [0, 0.1) is 13.8 Å². The van der Waals surface area contributed by atoms with Crippen molar-refractivity contribution >= 4 is 32.7 Å². The van der Waals surface area contributed by atoms with Gasteiger partial charge in [-0.15, -0.1) is 0 Å². The van der Waals surface area contributed by atoms with E-state index in [4.69, 9.17) is 8.53 Å². The second kappa shape index (κ2) is 7.06. The minimum atomic E-state index is -2.22. The SMILES string of the molecule is [2H]C([2H])([2H])c1c[n+](C)c(-c2cc3oc4ccc5ccccc5c4c3cc2C)cc1-c1ccccc1. The number of pyridine rings is 1. The molecule has 6 rings (SSSR count). The summed E-state index contributed by atoms with van der Waals surface area (Å²) in [5, 5.41) is 4.57. The molecule has 0 saturated carbocycles. The molecule has 0 spiro atoms. The van der Waals surface area contributed by atoms with Crippen LogP contribution in [0.25, 0.3) is 55.1 Å². The van der Waals surface area contributed by atoms with Gasteiger partial charge in [0.25, 0.3) is 0 Å². The number of rotatable bonds is 2. The van der Waals surface area contributed by atoms with E-state index in [9.17, 15) is 0 Å². The van der Waals surface area contributed by atoms with Gasteiger partial charge in [0.1, 0.15) is 18.2 Å². The molecule has 0 atom stereocenters. The molecule has 0 aliphatic heterocycles. The van der Waals surface area contributed by atoms with E-state index in [1.54, 1.807) is 6.20 Å². The van der Waals surface area contributed by atoms with E-state index in [1.807, 2.05) is 60.1 Å². The highest BCUT2D eigenvalue weighted by atomic mass is 16.3. The Kier molecular flexibility index (Phi) is 3.49. The lowest BCUT2D eigenvalue weighted by Gasteiger charge is -2.10. The molecule has 0 aliphatic rings.